The average Bonchev–Trinajstić information content (AvgIpc) is 2.99. The third kappa shape index (κ3) is 3.18. The molecule has 0 amide bonds. The Morgan fingerprint density at radius 1 is 1.12 bits per heavy atom. The number of halogens is 3. The maximum Gasteiger partial charge on any atom is 0.416 e. The number of aromatic nitrogens is 1. The zero-order valence-corrected chi connectivity index (χ0v) is 13.3. The Morgan fingerprint density at radius 3 is 2.46 bits per heavy atom. The molecule has 0 atom stereocenters. The fourth-order valence-electron chi connectivity index (χ4n) is 2.16. The molecule has 0 aliphatic heterocycles. The molecule has 3 aromatic rings. The number of rotatable bonds is 2. The van der Waals surface area contributed by atoms with Crippen LogP contribution in [0.2, 0.25) is 0 Å². The van der Waals surface area contributed by atoms with Gasteiger partial charge in [-0.25, -0.2) is 4.98 Å². The van der Waals surface area contributed by atoms with Crippen molar-refractivity contribution in [3.63, 3.8) is 0 Å². The van der Waals surface area contributed by atoms with Gasteiger partial charge in [-0.3, -0.25) is 0 Å². The van der Waals surface area contributed by atoms with Gasteiger partial charge in [-0.1, -0.05) is 6.07 Å². The Labute approximate surface area is 140 Å². The van der Waals surface area contributed by atoms with Gasteiger partial charge in [-0.15, -0.1) is 0 Å². The first-order valence-electron chi connectivity index (χ1n) is 6.94. The van der Waals surface area contributed by atoms with Gasteiger partial charge in [0.2, 0.25) is 5.89 Å². The number of oxazole rings is 1. The first kappa shape index (κ1) is 16.3. The van der Waals surface area contributed by atoms with Crippen LogP contribution in [-0.2, 0) is 6.18 Å². The van der Waals surface area contributed by atoms with Crippen molar-refractivity contribution in [1.29, 1.82) is 0 Å². The fourth-order valence-corrected chi connectivity index (χ4v) is 2.27. The highest BCUT2D eigenvalue weighted by Gasteiger charge is 2.30. The molecule has 4 nitrogen and oxygen atoms in total. The molecule has 2 aromatic carbocycles. The molecule has 0 saturated heterocycles. The quantitative estimate of drug-likeness (QED) is 0.669. The number of benzene rings is 2. The maximum atomic E-state index is 12.6. The summed E-state index contributed by atoms with van der Waals surface area (Å²) in [6.07, 6.45) is -4.38. The van der Waals surface area contributed by atoms with Crippen LogP contribution in [0.1, 0.15) is 5.56 Å². The van der Waals surface area contributed by atoms with E-state index < -0.39 is 11.7 Å². The molecular weight excluding hydrogens is 339 g/mol. The molecule has 0 spiro atoms. The van der Waals surface area contributed by atoms with Gasteiger partial charge >= 0.3 is 6.18 Å². The molecule has 1 aromatic heterocycles. The van der Waals surface area contributed by atoms with Crippen molar-refractivity contribution in [2.75, 3.05) is 12.4 Å². The second-order valence-corrected chi connectivity index (χ2v) is 5.36. The van der Waals surface area contributed by atoms with E-state index in [1.54, 1.807) is 25.2 Å². The molecule has 0 aliphatic carbocycles. The number of nitrogens with one attached hydrogen (secondary N) is 2. The summed E-state index contributed by atoms with van der Waals surface area (Å²) >= 11 is 5.06. The predicted octanol–water partition coefficient (Wildman–Crippen LogP) is 4.43. The lowest BCUT2D eigenvalue weighted by Gasteiger charge is -2.06. The molecule has 0 bridgehead atoms. The Bertz CT molecular complexity index is 888. The summed E-state index contributed by atoms with van der Waals surface area (Å²) < 4.78 is 43.5. The maximum absolute atomic E-state index is 12.6. The molecule has 0 fully saturated rings. The SMILES string of the molecule is CNC(=S)Nc1cccc2oc(-c3ccc(C(F)(F)F)cc3)nc12. The van der Waals surface area contributed by atoms with Crippen LogP contribution < -0.4 is 10.6 Å². The molecule has 24 heavy (non-hydrogen) atoms. The number of para-hydroxylation sites is 1. The van der Waals surface area contributed by atoms with Crippen molar-refractivity contribution < 1.29 is 17.6 Å². The van der Waals surface area contributed by atoms with E-state index in [1.165, 1.54) is 12.1 Å². The highest BCUT2D eigenvalue weighted by atomic mass is 32.1. The van der Waals surface area contributed by atoms with Crippen LogP contribution in [0, 0.1) is 0 Å². The molecule has 0 unspecified atom stereocenters. The standard InChI is InChI=1S/C16H12F3N3OS/c1-20-15(24)21-11-3-2-4-12-13(11)22-14(23-12)9-5-7-10(8-6-9)16(17,18)19/h2-8H,1H3,(H2,20,21,24). The second-order valence-electron chi connectivity index (χ2n) is 4.95. The van der Waals surface area contributed by atoms with Crippen molar-refractivity contribution in [1.82, 2.24) is 10.3 Å². The average molecular weight is 351 g/mol. The monoisotopic (exact) mass is 351 g/mol. The molecule has 1 heterocycles. The first-order valence-corrected chi connectivity index (χ1v) is 7.35. The van der Waals surface area contributed by atoms with E-state index in [-0.39, 0.29) is 5.89 Å². The Balaban J connectivity index is 1.99. The van der Waals surface area contributed by atoms with Gasteiger partial charge in [0.15, 0.2) is 10.7 Å². The van der Waals surface area contributed by atoms with Crippen LogP contribution in [-0.4, -0.2) is 17.1 Å². The highest BCUT2D eigenvalue weighted by Crippen LogP contribution is 2.32. The van der Waals surface area contributed by atoms with Gasteiger partial charge < -0.3 is 15.1 Å². The third-order valence-electron chi connectivity index (χ3n) is 3.35. The van der Waals surface area contributed by atoms with E-state index in [0.717, 1.165) is 12.1 Å². The zero-order valence-electron chi connectivity index (χ0n) is 12.4. The summed E-state index contributed by atoms with van der Waals surface area (Å²) in [5, 5.41) is 6.19. The van der Waals surface area contributed by atoms with E-state index in [9.17, 15) is 13.2 Å². The Kier molecular flexibility index (Phi) is 4.15. The number of fused-ring (bicyclic) bond motifs is 1. The predicted molar refractivity (Wildman–Crippen MR) is 89.7 cm³/mol. The van der Waals surface area contributed by atoms with Crippen LogP contribution in [0.4, 0.5) is 18.9 Å². The number of thiocarbonyl (C=S) groups is 1. The van der Waals surface area contributed by atoms with Gasteiger partial charge in [0, 0.05) is 12.6 Å². The summed E-state index contributed by atoms with van der Waals surface area (Å²) in [6, 6.07) is 9.94. The lowest BCUT2D eigenvalue weighted by molar-refractivity contribution is -0.137. The van der Waals surface area contributed by atoms with Crippen molar-refractivity contribution in [3.05, 3.63) is 48.0 Å². The topological polar surface area (TPSA) is 50.1 Å². The number of nitrogens with zero attached hydrogens (tertiary/aromatic N) is 1. The minimum Gasteiger partial charge on any atom is -0.436 e. The number of hydrogen-bond donors (Lipinski definition) is 2. The minimum atomic E-state index is -4.38. The Morgan fingerprint density at radius 2 is 1.83 bits per heavy atom. The lowest BCUT2D eigenvalue weighted by atomic mass is 10.1. The number of hydrogen-bond acceptors (Lipinski definition) is 3. The van der Waals surface area contributed by atoms with Crippen molar-refractivity contribution in [2.24, 2.45) is 0 Å². The summed E-state index contributed by atoms with van der Waals surface area (Å²) in [5.74, 6) is 0.239. The normalized spacial score (nSPS) is 11.5. The van der Waals surface area contributed by atoms with Gasteiger partial charge in [0.25, 0.3) is 0 Å². The van der Waals surface area contributed by atoms with Crippen molar-refractivity contribution >= 4 is 34.1 Å². The van der Waals surface area contributed by atoms with Crippen molar-refractivity contribution in [3.8, 4) is 11.5 Å². The smallest absolute Gasteiger partial charge is 0.416 e. The molecule has 3 rings (SSSR count). The van der Waals surface area contributed by atoms with Gasteiger partial charge in [-0.05, 0) is 48.6 Å². The molecule has 124 valence electrons. The van der Waals surface area contributed by atoms with Crippen LogP contribution in [0.5, 0.6) is 0 Å². The highest BCUT2D eigenvalue weighted by molar-refractivity contribution is 7.80. The molecule has 0 saturated carbocycles. The van der Waals surface area contributed by atoms with Crippen LogP contribution >= 0.6 is 12.2 Å². The minimum absolute atomic E-state index is 0.239. The molecule has 0 radical (unpaired) electrons. The van der Waals surface area contributed by atoms with Crippen molar-refractivity contribution in [2.45, 2.75) is 6.18 Å². The molecule has 0 aliphatic rings. The van der Waals surface area contributed by atoms with Gasteiger partial charge in [0.1, 0.15) is 5.52 Å². The largest absolute Gasteiger partial charge is 0.436 e. The van der Waals surface area contributed by atoms with E-state index in [4.69, 9.17) is 16.6 Å². The summed E-state index contributed by atoms with van der Waals surface area (Å²) in [5.41, 5.74) is 1.44. The third-order valence-corrected chi connectivity index (χ3v) is 3.66. The molecular formula is C16H12F3N3OS. The van der Waals surface area contributed by atoms with E-state index in [0.29, 0.717) is 27.5 Å². The Hall–Kier alpha value is -2.61. The number of anilines is 1. The van der Waals surface area contributed by atoms with Gasteiger partial charge in [-0.2, -0.15) is 13.2 Å². The van der Waals surface area contributed by atoms with Gasteiger partial charge in [0.05, 0.1) is 11.3 Å². The lowest BCUT2D eigenvalue weighted by Crippen LogP contribution is -2.24. The summed E-state index contributed by atoms with van der Waals surface area (Å²) in [6.45, 7) is 0. The second kappa shape index (κ2) is 6.12. The zero-order chi connectivity index (χ0) is 17.3. The molecule has 2 N–H and O–H groups in total. The number of alkyl halides is 3. The van der Waals surface area contributed by atoms with E-state index in [1.807, 2.05) is 0 Å². The summed E-state index contributed by atoms with van der Waals surface area (Å²) in [4.78, 5) is 4.36. The fraction of sp³-hybridized carbons (Fsp3) is 0.125. The molecule has 8 heteroatoms. The van der Waals surface area contributed by atoms with Crippen LogP contribution in [0.25, 0.3) is 22.6 Å². The van der Waals surface area contributed by atoms with E-state index >= 15 is 0 Å². The van der Waals surface area contributed by atoms with Crippen LogP contribution in [0.15, 0.2) is 46.9 Å². The van der Waals surface area contributed by atoms with E-state index in [2.05, 4.69) is 15.6 Å². The van der Waals surface area contributed by atoms with Crippen LogP contribution in [0.3, 0.4) is 0 Å². The first-order chi connectivity index (χ1) is 11.4. The summed E-state index contributed by atoms with van der Waals surface area (Å²) in [7, 11) is 1.69.